The summed E-state index contributed by atoms with van der Waals surface area (Å²) >= 11 is 0. The Morgan fingerprint density at radius 2 is 2.40 bits per heavy atom. The lowest BCUT2D eigenvalue weighted by Gasteiger charge is -2.17. The maximum absolute atomic E-state index is 11.8. The van der Waals surface area contributed by atoms with Crippen molar-refractivity contribution in [3.05, 3.63) is 12.3 Å². The molecule has 0 aromatic carbocycles. The van der Waals surface area contributed by atoms with Gasteiger partial charge in [-0.1, -0.05) is 6.92 Å². The fraction of sp³-hybridized carbons (Fsp3) is 0.692. The van der Waals surface area contributed by atoms with Crippen molar-refractivity contribution in [2.24, 2.45) is 0 Å². The number of nitrogens with one attached hydrogen (secondary N) is 2. The second kappa shape index (κ2) is 6.23. The average molecular weight is 282 g/mol. The average Bonchev–Trinajstić information content (AvgIpc) is 2.94. The Balaban J connectivity index is 1.77. The lowest BCUT2D eigenvalue weighted by atomic mass is 10.4. The molecule has 1 atom stereocenters. The summed E-state index contributed by atoms with van der Waals surface area (Å²) in [4.78, 5) is 11.8. The Kier molecular flexibility index (Phi) is 4.61. The number of aromatic nitrogens is 2. The van der Waals surface area contributed by atoms with E-state index in [-0.39, 0.29) is 12.1 Å². The number of urea groups is 1. The summed E-state index contributed by atoms with van der Waals surface area (Å²) in [6, 6.07) is 1.50. The summed E-state index contributed by atoms with van der Waals surface area (Å²) in [5, 5.41) is 9.69. The van der Waals surface area contributed by atoms with Crippen LogP contribution in [0.5, 0.6) is 0 Å². The number of carbonyl (C=O) groups is 1. The number of rotatable bonds is 5. The second-order valence-corrected chi connectivity index (χ2v) is 5.23. The van der Waals surface area contributed by atoms with E-state index in [4.69, 9.17) is 9.47 Å². The lowest BCUT2D eigenvalue weighted by Crippen LogP contribution is -2.37. The first-order valence-corrected chi connectivity index (χ1v) is 6.88. The zero-order valence-electron chi connectivity index (χ0n) is 12.2. The van der Waals surface area contributed by atoms with Crippen LogP contribution in [0.3, 0.4) is 0 Å². The molecule has 1 aromatic heterocycles. The van der Waals surface area contributed by atoms with Crippen LogP contribution >= 0.6 is 0 Å². The molecule has 1 fully saturated rings. The number of ether oxygens (including phenoxy) is 2. The predicted octanol–water partition coefficient (Wildman–Crippen LogP) is 1.57. The van der Waals surface area contributed by atoms with E-state index in [1.807, 2.05) is 13.8 Å². The van der Waals surface area contributed by atoms with Crippen molar-refractivity contribution < 1.29 is 14.3 Å². The monoisotopic (exact) mass is 282 g/mol. The van der Waals surface area contributed by atoms with Crippen molar-refractivity contribution in [1.29, 1.82) is 0 Å². The molecule has 0 bridgehead atoms. The van der Waals surface area contributed by atoms with Crippen LogP contribution in [0.15, 0.2) is 12.3 Å². The molecule has 0 radical (unpaired) electrons. The zero-order valence-corrected chi connectivity index (χ0v) is 12.2. The summed E-state index contributed by atoms with van der Waals surface area (Å²) in [7, 11) is 0. The van der Waals surface area contributed by atoms with Crippen molar-refractivity contribution in [3.63, 3.8) is 0 Å². The number of hydrogen-bond acceptors (Lipinski definition) is 4. The molecule has 7 heteroatoms. The van der Waals surface area contributed by atoms with Gasteiger partial charge in [0.25, 0.3) is 0 Å². The van der Waals surface area contributed by atoms with Crippen LogP contribution in [0.4, 0.5) is 10.6 Å². The van der Waals surface area contributed by atoms with E-state index in [1.54, 1.807) is 16.9 Å². The Bertz CT molecular complexity index is 458. The van der Waals surface area contributed by atoms with Gasteiger partial charge in [-0.25, -0.2) is 9.48 Å². The maximum Gasteiger partial charge on any atom is 0.320 e. The molecule has 112 valence electrons. The number of aryl methyl sites for hydroxylation is 1. The molecule has 2 heterocycles. The van der Waals surface area contributed by atoms with Crippen molar-refractivity contribution in [2.45, 2.75) is 45.6 Å². The van der Waals surface area contributed by atoms with Gasteiger partial charge in [0.1, 0.15) is 11.9 Å². The van der Waals surface area contributed by atoms with Crippen LogP contribution in [0.25, 0.3) is 0 Å². The summed E-state index contributed by atoms with van der Waals surface area (Å²) in [5.74, 6) is 0.121. The molecule has 2 N–H and O–H groups in total. The number of hydrogen-bond donors (Lipinski definition) is 2. The van der Waals surface area contributed by atoms with Crippen LogP contribution in [0, 0.1) is 0 Å². The topological polar surface area (TPSA) is 77.4 Å². The SMILES string of the molecule is CCCn1nccc1NC(=O)NCC1COC(C)(C)O1. The van der Waals surface area contributed by atoms with Gasteiger partial charge in [-0.2, -0.15) is 5.10 Å². The van der Waals surface area contributed by atoms with Gasteiger partial charge in [0, 0.05) is 19.2 Å². The highest BCUT2D eigenvalue weighted by atomic mass is 16.7. The Morgan fingerprint density at radius 1 is 1.60 bits per heavy atom. The molecule has 1 aromatic rings. The standard InChI is InChI=1S/C13H22N4O3/c1-4-7-17-11(5-6-15-17)16-12(18)14-8-10-9-19-13(2,3)20-10/h5-6,10H,4,7-9H2,1-3H3,(H2,14,16,18). The van der Waals surface area contributed by atoms with Gasteiger partial charge in [0.05, 0.1) is 12.8 Å². The van der Waals surface area contributed by atoms with Gasteiger partial charge in [-0.3, -0.25) is 5.32 Å². The Labute approximate surface area is 118 Å². The van der Waals surface area contributed by atoms with Gasteiger partial charge < -0.3 is 14.8 Å². The second-order valence-electron chi connectivity index (χ2n) is 5.23. The number of anilines is 1. The predicted molar refractivity (Wildman–Crippen MR) is 74.4 cm³/mol. The van der Waals surface area contributed by atoms with Gasteiger partial charge in [0.15, 0.2) is 5.79 Å². The van der Waals surface area contributed by atoms with E-state index in [0.717, 1.165) is 13.0 Å². The Morgan fingerprint density at radius 3 is 3.05 bits per heavy atom. The molecule has 1 aliphatic heterocycles. The summed E-state index contributed by atoms with van der Waals surface area (Å²) in [6.45, 7) is 7.45. The van der Waals surface area contributed by atoms with Crippen molar-refractivity contribution in [2.75, 3.05) is 18.5 Å². The molecular formula is C13H22N4O3. The van der Waals surface area contributed by atoms with E-state index >= 15 is 0 Å². The van der Waals surface area contributed by atoms with Crippen molar-refractivity contribution in [3.8, 4) is 0 Å². The molecule has 0 aliphatic carbocycles. The Hall–Kier alpha value is -1.60. The number of carbonyl (C=O) groups excluding carboxylic acids is 1. The van der Waals surface area contributed by atoms with Gasteiger partial charge >= 0.3 is 6.03 Å². The van der Waals surface area contributed by atoms with E-state index in [1.165, 1.54) is 0 Å². The van der Waals surface area contributed by atoms with E-state index in [0.29, 0.717) is 19.0 Å². The quantitative estimate of drug-likeness (QED) is 0.859. The van der Waals surface area contributed by atoms with Gasteiger partial charge in [-0.05, 0) is 20.3 Å². The highest BCUT2D eigenvalue weighted by Crippen LogP contribution is 2.21. The largest absolute Gasteiger partial charge is 0.348 e. The first kappa shape index (κ1) is 14.8. The number of nitrogens with zero attached hydrogens (tertiary/aromatic N) is 2. The first-order valence-electron chi connectivity index (χ1n) is 6.88. The van der Waals surface area contributed by atoms with Crippen LogP contribution in [-0.4, -0.2) is 40.9 Å². The molecule has 1 unspecified atom stereocenters. The molecule has 0 spiro atoms. The minimum Gasteiger partial charge on any atom is -0.348 e. The molecule has 7 nitrogen and oxygen atoms in total. The lowest BCUT2D eigenvalue weighted by molar-refractivity contribution is -0.137. The molecule has 0 saturated carbocycles. The fourth-order valence-corrected chi connectivity index (χ4v) is 2.06. The highest BCUT2D eigenvalue weighted by Gasteiger charge is 2.32. The van der Waals surface area contributed by atoms with Crippen molar-refractivity contribution in [1.82, 2.24) is 15.1 Å². The summed E-state index contributed by atoms with van der Waals surface area (Å²) < 4.78 is 12.8. The highest BCUT2D eigenvalue weighted by molar-refractivity contribution is 5.88. The third kappa shape index (κ3) is 3.94. The van der Waals surface area contributed by atoms with E-state index in [9.17, 15) is 4.79 Å². The molecule has 2 amide bonds. The van der Waals surface area contributed by atoms with Crippen LogP contribution < -0.4 is 10.6 Å². The zero-order chi connectivity index (χ0) is 14.6. The summed E-state index contributed by atoms with van der Waals surface area (Å²) in [5.41, 5.74) is 0. The van der Waals surface area contributed by atoms with Gasteiger partial charge in [-0.15, -0.1) is 0 Å². The molecule has 1 aliphatic rings. The van der Waals surface area contributed by atoms with E-state index < -0.39 is 5.79 Å². The molecule has 2 rings (SSSR count). The van der Waals surface area contributed by atoms with Crippen molar-refractivity contribution >= 4 is 11.8 Å². The van der Waals surface area contributed by atoms with Crippen LogP contribution in [0.1, 0.15) is 27.2 Å². The van der Waals surface area contributed by atoms with E-state index in [2.05, 4.69) is 22.7 Å². The summed E-state index contributed by atoms with van der Waals surface area (Å²) in [6.07, 6.45) is 2.51. The van der Waals surface area contributed by atoms with Gasteiger partial charge in [0.2, 0.25) is 0 Å². The normalized spacial score (nSPS) is 20.9. The maximum atomic E-state index is 11.8. The van der Waals surface area contributed by atoms with Crippen LogP contribution in [-0.2, 0) is 16.0 Å². The molecular weight excluding hydrogens is 260 g/mol. The number of amides is 2. The molecule has 1 saturated heterocycles. The third-order valence-electron chi connectivity index (χ3n) is 2.95. The minimum atomic E-state index is -0.567. The smallest absolute Gasteiger partial charge is 0.320 e. The molecule has 20 heavy (non-hydrogen) atoms. The first-order chi connectivity index (χ1) is 9.50. The fourth-order valence-electron chi connectivity index (χ4n) is 2.06. The van der Waals surface area contributed by atoms with Crippen LogP contribution in [0.2, 0.25) is 0 Å². The third-order valence-corrected chi connectivity index (χ3v) is 2.95. The minimum absolute atomic E-state index is 0.115.